The maximum atomic E-state index is 12.7. The summed E-state index contributed by atoms with van der Waals surface area (Å²) in [6.07, 6.45) is -0.904. The molecule has 0 radical (unpaired) electrons. The summed E-state index contributed by atoms with van der Waals surface area (Å²) in [5.41, 5.74) is -0.585. The quantitative estimate of drug-likeness (QED) is 0.403. The third-order valence-electron chi connectivity index (χ3n) is 5.64. The Morgan fingerprint density at radius 3 is 2.56 bits per heavy atom. The van der Waals surface area contributed by atoms with Crippen molar-refractivity contribution >= 4 is 17.1 Å². The van der Waals surface area contributed by atoms with Crippen LogP contribution in [0.4, 0.5) is 5.95 Å². The van der Waals surface area contributed by atoms with E-state index in [1.807, 2.05) is 23.1 Å². The Morgan fingerprint density at radius 2 is 1.88 bits per heavy atom. The van der Waals surface area contributed by atoms with Gasteiger partial charge in [-0.1, -0.05) is 18.2 Å². The number of aromatic nitrogens is 4. The number of nitrogens with one attached hydrogen (secondary N) is 1. The van der Waals surface area contributed by atoms with Gasteiger partial charge in [-0.05, 0) is 12.1 Å². The first-order chi connectivity index (χ1) is 15.5. The molecule has 3 aromatic rings. The van der Waals surface area contributed by atoms with Gasteiger partial charge in [-0.2, -0.15) is 4.98 Å². The number of rotatable bonds is 8. The lowest BCUT2D eigenvalue weighted by Gasteiger charge is -2.35. The fraction of sp³-hybridized carbons (Fsp3) is 0.476. The molecular formula is C21H28N6O5. The average Bonchev–Trinajstić information content (AvgIpc) is 3.17. The van der Waals surface area contributed by atoms with Gasteiger partial charge in [0.05, 0.1) is 13.2 Å². The van der Waals surface area contributed by atoms with Gasteiger partial charge >= 0.3 is 5.69 Å². The number of benzene rings is 1. The molecular weight excluding hydrogens is 416 g/mol. The highest BCUT2D eigenvalue weighted by atomic mass is 16.5. The van der Waals surface area contributed by atoms with E-state index in [1.54, 1.807) is 23.7 Å². The Kier molecular flexibility index (Phi) is 6.58. The first-order valence-corrected chi connectivity index (χ1v) is 10.6. The minimum Gasteiger partial charge on any atom is -0.491 e. The Bertz CT molecular complexity index is 1160. The van der Waals surface area contributed by atoms with E-state index in [1.165, 1.54) is 4.57 Å². The molecule has 0 aliphatic carbocycles. The number of hydrogen-bond donors (Lipinski definition) is 3. The number of nitrogens with zero attached hydrogens (tertiary/aromatic N) is 5. The molecule has 1 aromatic carbocycles. The van der Waals surface area contributed by atoms with Crippen molar-refractivity contribution in [3.05, 3.63) is 51.2 Å². The maximum absolute atomic E-state index is 12.7. The van der Waals surface area contributed by atoms with Crippen LogP contribution in [0.25, 0.3) is 11.2 Å². The fourth-order valence-corrected chi connectivity index (χ4v) is 3.92. The number of fused-ring (bicyclic) bond motifs is 1. The van der Waals surface area contributed by atoms with Gasteiger partial charge in [-0.25, -0.2) is 4.79 Å². The predicted octanol–water partition coefficient (Wildman–Crippen LogP) is -1.02. The van der Waals surface area contributed by atoms with E-state index in [0.29, 0.717) is 31.3 Å². The summed E-state index contributed by atoms with van der Waals surface area (Å²) in [4.78, 5) is 35.9. The number of ether oxygens (including phenoxy) is 1. The average molecular weight is 444 g/mol. The molecule has 1 saturated heterocycles. The standard InChI is InChI=1S/C21H28N6O5/c1-24-18-17(19(30)23-21(24)31)27(13-15(29)14-32-16-5-3-2-4-6-16)20(22-18)26-9-7-25(8-10-26)11-12-28/h2-6,15,28-29H,7-14H2,1H3,(H,23,30,31). The second-order valence-electron chi connectivity index (χ2n) is 7.84. The molecule has 1 aliphatic heterocycles. The minimum absolute atomic E-state index is 0.0388. The van der Waals surface area contributed by atoms with Crippen molar-refractivity contribution in [3.8, 4) is 5.75 Å². The number of aliphatic hydroxyl groups is 2. The molecule has 1 atom stereocenters. The van der Waals surface area contributed by atoms with Gasteiger partial charge in [-0.3, -0.25) is 19.2 Å². The van der Waals surface area contributed by atoms with Crippen LogP contribution in [0.15, 0.2) is 39.9 Å². The summed E-state index contributed by atoms with van der Waals surface area (Å²) < 4.78 is 8.62. The summed E-state index contributed by atoms with van der Waals surface area (Å²) in [5, 5.41) is 19.9. The molecule has 32 heavy (non-hydrogen) atoms. The molecule has 0 amide bonds. The molecule has 0 saturated carbocycles. The number of imidazole rings is 1. The first kappa shape index (κ1) is 22.1. The maximum Gasteiger partial charge on any atom is 0.329 e. The molecule has 1 aliphatic rings. The number of anilines is 1. The third-order valence-corrected chi connectivity index (χ3v) is 5.64. The summed E-state index contributed by atoms with van der Waals surface area (Å²) >= 11 is 0. The number of aryl methyl sites for hydroxylation is 1. The molecule has 2 aromatic heterocycles. The van der Waals surface area contributed by atoms with E-state index in [0.717, 1.165) is 13.1 Å². The second kappa shape index (κ2) is 9.55. The van der Waals surface area contributed by atoms with Gasteiger partial charge in [0, 0.05) is 39.8 Å². The lowest BCUT2D eigenvalue weighted by atomic mass is 10.3. The summed E-state index contributed by atoms with van der Waals surface area (Å²) in [6.45, 7) is 3.58. The summed E-state index contributed by atoms with van der Waals surface area (Å²) in [5.74, 6) is 1.16. The van der Waals surface area contributed by atoms with Crippen molar-refractivity contribution in [1.82, 2.24) is 24.0 Å². The summed E-state index contributed by atoms with van der Waals surface area (Å²) in [7, 11) is 1.55. The van der Waals surface area contributed by atoms with Gasteiger partial charge in [0.15, 0.2) is 11.2 Å². The van der Waals surface area contributed by atoms with Crippen molar-refractivity contribution in [2.75, 3.05) is 50.8 Å². The number of H-pyrrole nitrogens is 1. The van der Waals surface area contributed by atoms with Crippen molar-refractivity contribution in [1.29, 1.82) is 0 Å². The summed E-state index contributed by atoms with van der Waals surface area (Å²) in [6, 6.07) is 9.18. The smallest absolute Gasteiger partial charge is 0.329 e. The van der Waals surface area contributed by atoms with E-state index in [2.05, 4.69) is 14.9 Å². The van der Waals surface area contributed by atoms with Crippen LogP contribution in [0.2, 0.25) is 0 Å². The number of aliphatic hydroxyl groups excluding tert-OH is 2. The highest BCUT2D eigenvalue weighted by Gasteiger charge is 2.26. The van der Waals surface area contributed by atoms with Gasteiger partial charge in [-0.15, -0.1) is 0 Å². The largest absolute Gasteiger partial charge is 0.491 e. The molecule has 3 N–H and O–H groups in total. The first-order valence-electron chi connectivity index (χ1n) is 10.6. The van der Waals surface area contributed by atoms with Crippen LogP contribution in [-0.2, 0) is 13.6 Å². The molecule has 11 nitrogen and oxygen atoms in total. The number of hydrogen-bond acceptors (Lipinski definition) is 8. The fourth-order valence-electron chi connectivity index (χ4n) is 3.92. The third kappa shape index (κ3) is 4.54. The van der Waals surface area contributed by atoms with Crippen molar-refractivity contribution < 1.29 is 14.9 Å². The number of piperazine rings is 1. The van der Waals surface area contributed by atoms with Crippen LogP contribution in [0, 0.1) is 0 Å². The number of β-amino-alcohol motifs (C(OH)–C–C–N with tert-alkyl or cyclic N) is 1. The van der Waals surface area contributed by atoms with Crippen LogP contribution in [0.1, 0.15) is 0 Å². The highest BCUT2D eigenvalue weighted by Crippen LogP contribution is 2.21. The van der Waals surface area contributed by atoms with E-state index in [-0.39, 0.29) is 30.9 Å². The van der Waals surface area contributed by atoms with Crippen LogP contribution in [-0.4, -0.2) is 86.3 Å². The van der Waals surface area contributed by atoms with E-state index < -0.39 is 17.4 Å². The zero-order valence-electron chi connectivity index (χ0n) is 18.0. The zero-order chi connectivity index (χ0) is 22.7. The molecule has 1 unspecified atom stereocenters. The van der Waals surface area contributed by atoms with E-state index in [9.17, 15) is 19.8 Å². The SMILES string of the molecule is Cn1c(=O)[nH]c(=O)c2c1nc(N1CCN(CCO)CC1)n2CC(O)COc1ccccc1. The zero-order valence-corrected chi connectivity index (χ0v) is 18.0. The molecule has 0 bridgehead atoms. The molecule has 3 heterocycles. The monoisotopic (exact) mass is 444 g/mol. The lowest BCUT2D eigenvalue weighted by Crippen LogP contribution is -2.48. The molecule has 0 spiro atoms. The Labute approximate surface area is 184 Å². The lowest BCUT2D eigenvalue weighted by molar-refractivity contribution is 0.0935. The topological polar surface area (TPSA) is 129 Å². The van der Waals surface area contributed by atoms with Crippen LogP contribution >= 0.6 is 0 Å². The molecule has 11 heteroatoms. The van der Waals surface area contributed by atoms with Crippen molar-refractivity contribution in [2.24, 2.45) is 7.05 Å². The van der Waals surface area contributed by atoms with Crippen LogP contribution < -0.4 is 20.9 Å². The van der Waals surface area contributed by atoms with Gasteiger partial charge < -0.3 is 24.4 Å². The van der Waals surface area contributed by atoms with E-state index in [4.69, 9.17) is 4.74 Å². The number of aromatic amines is 1. The number of para-hydroxylation sites is 1. The normalized spacial score (nSPS) is 15.9. The Balaban J connectivity index is 1.63. The Hall–Kier alpha value is -3.15. The predicted molar refractivity (Wildman–Crippen MR) is 119 cm³/mol. The van der Waals surface area contributed by atoms with Gasteiger partial charge in [0.25, 0.3) is 5.56 Å². The molecule has 4 rings (SSSR count). The molecule has 172 valence electrons. The Morgan fingerprint density at radius 1 is 1.16 bits per heavy atom. The molecule has 1 fully saturated rings. The van der Waals surface area contributed by atoms with E-state index >= 15 is 0 Å². The van der Waals surface area contributed by atoms with Crippen molar-refractivity contribution in [2.45, 2.75) is 12.6 Å². The van der Waals surface area contributed by atoms with Crippen LogP contribution in [0.3, 0.4) is 0 Å². The minimum atomic E-state index is -0.904. The second-order valence-corrected chi connectivity index (χ2v) is 7.84. The highest BCUT2D eigenvalue weighted by molar-refractivity contribution is 5.74. The van der Waals surface area contributed by atoms with Crippen molar-refractivity contribution in [3.63, 3.8) is 0 Å². The van der Waals surface area contributed by atoms with Gasteiger partial charge in [0.1, 0.15) is 18.5 Å². The van der Waals surface area contributed by atoms with Gasteiger partial charge in [0.2, 0.25) is 5.95 Å². The van der Waals surface area contributed by atoms with Crippen LogP contribution in [0.5, 0.6) is 5.75 Å².